The van der Waals surface area contributed by atoms with E-state index in [4.69, 9.17) is 0 Å². The van der Waals surface area contributed by atoms with Gasteiger partial charge in [0.1, 0.15) is 17.9 Å². The molecule has 0 aliphatic heterocycles. The normalized spacial score (nSPS) is 10.2. The predicted octanol–water partition coefficient (Wildman–Crippen LogP) is 2.66. The molecule has 5 heteroatoms. The average Bonchev–Trinajstić information content (AvgIpc) is 2.35. The van der Waals surface area contributed by atoms with Crippen LogP contribution in [0, 0.1) is 11.6 Å². The average molecular weight is 256 g/mol. The second-order valence-corrected chi connectivity index (χ2v) is 3.82. The molecule has 0 atom stereocenters. The largest absolute Gasteiger partial charge is 0.465 e. The topological polar surface area (TPSA) is 43.4 Å². The van der Waals surface area contributed by atoms with Gasteiger partial charge >= 0.3 is 5.97 Å². The van der Waals surface area contributed by atoms with Gasteiger partial charge in [0, 0.05) is 12.0 Å². The van der Waals surface area contributed by atoms with Crippen molar-refractivity contribution in [2.24, 2.45) is 0 Å². The summed E-state index contributed by atoms with van der Waals surface area (Å²) in [6.07, 6.45) is 2.45. The van der Waals surface area contributed by atoms with Crippen molar-refractivity contribution in [1.29, 1.82) is 0 Å². The van der Waals surface area contributed by atoms with Crippen LogP contribution < -0.4 is 0 Å². The quantitative estimate of drug-likeness (QED) is 0.446. The zero-order chi connectivity index (χ0) is 13.5. The van der Waals surface area contributed by atoms with E-state index in [-0.39, 0.29) is 17.5 Å². The maximum Gasteiger partial charge on any atom is 0.338 e. The first kappa shape index (κ1) is 14.3. The molecule has 0 aromatic heterocycles. The molecular weight excluding hydrogens is 242 g/mol. The summed E-state index contributed by atoms with van der Waals surface area (Å²) >= 11 is 0. The molecule has 0 saturated carbocycles. The fourth-order valence-corrected chi connectivity index (χ4v) is 1.61. The Bertz CT molecular complexity index is 421. The predicted molar refractivity (Wildman–Crippen MR) is 61.3 cm³/mol. The van der Waals surface area contributed by atoms with Gasteiger partial charge < -0.3 is 9.53 Å². The molecule has 0 saturated heterocycles. The van der Waals surface area contributed by atoms with Crippen LogP contribution in [0.25, 0.3) is 0 Å². The molecule has 1 rings (SSSR count). The van der Waals surface area contributed by atoms with Crippen molar-refractivity contribution < 1.29 is 23.1 Å². The van der Waals surface area contributed by atoms with E-state index in [1.54, 1.807) is 0 Å². The lowest BCUT2D eigenvalue weighted by Crippen LogP contribution is -2.05. The summed E-state index contributed by atoms with van der Waals surface area (Å²) in [7, 11) is 1.14. The summed E-state index contributed by atoms with van der Waals surface area (Å²) in [6.45, 7) is 0. The number of halogens is 2. The number of benzene rings is 1. The maximum absolute atomic E-state index is 13.6. The van der Waals surface area contributed by atoms with E-state index in [2.05, 4.69) is 4.74 Å². The Kier molecular flexibility index (Phi) is 5.42. The van der Waals surface area contributed by atoms with Gasteiger partial charge in [-0.15, -0.1) is 0 Å². The molecular formula is C13H14F2O3. The summed E-state index contributed by atoms with van der Waals surface area (Å²) in [4.78, 5) is 21.2. The first-order valence-electron chi connectivity index (χ1n) is 5.60. The Hall–Kier alpha value is -1.78. The molecule has 98 valence electrons. The molecule has 0 amide bonds. The van der Waals surface area contributed by atoms with Crippen LogP contribution in [-0.4, -0.2) is 19.4 Å². The summed E-state index contributed by atoms with van der Waals surface area (Å²) in [5.74, 6) is -2.30. The summed E-state index contributed by atoms with van der Waals surface area (Å²) in [5.41, 5.74) is -0.210. The molecule has 3 nitrogen and oxygen atoms in total. The number of aldehydes is 1. The highest BCUT2D eigenvalue weighted by Gasteiger charge is 2.15. The van der Waals surface area contributed by atoms with Gasteiger partial charge in [0.25, 0.3) is 0 Å². The third-order valence-electron chi connectivity index (χ3n) is 2.56. The number of hydrogen-bond acceptors (Lipinski definition) is 3. The molecule has 18 heavy (non-hydrogen) atoms. The van der Waals surface area contributed by atoms with Crippen molar-refractivity contribution in [2.45, 2.75) is 25.7 Å². The van der Waals surface area contributed by atoms with Gasteiger partial charge in [-0.3, -0.25) is 0 Å². The number of carbonyl (C=O) groups is 2. The van der Waals surface area contributed by atoms with Crippen molar-refractivity contribution >= 4 is 12.3 Å². The molecule has 0 unspecified atom stereocenters. The Balaban J connectivity index is 2.81. The molecule has 0 radical (unpaired) electrons. The minimum absolute atomic E-state index is 0.0615. The molecule has 0 N–H and O–H groups in total. The Morgan fingerprint density at radius 3 is 2.39 bits per heavy atom. The van der Waals surface area contributed by atoms with Gasteiger partial charge in [0.05, 0.1) is 12.7 Å². The molecule has 0 aliphatic carbocycles. The second kappa shape index (κ2) is 6.83. The Morgan fingerprint density at radius 1 is 1.28 bits per heavy atom. The lowest BCUT2D eigenvalue weighted by atomic mass is 10.0. The van der Waals surface area contributed by atoms with Crippen LogP contribution in [0.3, 0.4) is 0 Å². The van der Waals surface area contributed by atoms with Crippen molar-refractivity contribution in [3.05, 3.63) is 34.9 Å². The van der Waals surface area contributed by atoms with Gasteiger partial charge in [-0.25, -0.2) is 13.6 Å². The third kappa shape index (κ3) is 3.61. The molecule has 1 aromatic rings. The van der Waals surface area contributed by atoms with E-state index in [1.807, 2.05) is 0 Å². The monoisotopic (exact) mass is 256 g/mol. The third-order valence-corrected chi connectivity index (χ3v) is 2.56. The zero-order valence-electron chi connectivity index (χ0n) is 10.0. The van der Waals surface area contributed by atoms with Crippen LogP contribution in [0.4, 0.5) is 8.78 Å². The minimum Gasteiger partial charge on any atom is -0.465 e. The SMILES string of the molecule is COC(=O)c1cc(F)c(CCCCC=O)c(F)c1. The van der Waals surface area contributed by atoms with E-state index in [0.29, 0.717) is 19.3 Å². The van der Waals surface area contributed by atoms with Gasteiger partial charge in [-0.05, 0) is 31.4 Å². The van der Waals surface area contributed by atoms with Crippen LogP contribution >= 0.6 is 0 Å². The number of hydrogen-bond donors (Lipinski definition) is 0. The lowest BCUT2D eigenvalue weighted by Gasteiger charge is -2.06. The van der Waals surface area contributed by atoms with E-state index in [1.165, 1.54) is 0 Å². The summed E-state index contributed by atoms with van der Waals surface area (Å²) in [5, 5.41) is 0. The first-order valence-corrected chi connectivity index (χ1v) is 5.60. The molecule has 0 bridgehead atoms. The van der Waals surface area contributed by atoms with Crippen molar-refractivity contribution in [3.63, 3.8) is 0 Å². The standard InChI is InChI=1S/C13H14F2O3/c1-18-13(17)9-7-11(14)10(12(15)8-9)5-3-2-4-6-16/h6-8H,2-5H2,1H3. The molecule has 0 aliphatic rings. The number of methoxy groups -OCH3 is 1. The fraction of sp³-hybridized carbons (Fsp3) is 0.385. The number of esters is 1. The van der Waals surface area contributed by atoms with Gasteiger partial charge in [0.15, 0.2) is 0 Å². The summed E-state index contributed by atoms with van der Waals surface area (Å²) < 4.78 is 31.6. The zero-order valence-corrected chi connectivity index (χ0v) is 10.0. The van der Waals surface area contributed by atoms with Crippen LogP contribution in [0.2, 0.25) is 0 Å². The number of rotatable bonds is 6. The molecule has 0 fully saturated rings. The molecule has 0 spiro atoms. The smallest absolute Gasteiger partial charge is 0.338 e. The lowest BCUT2D eigenvalue weighted by molar-refractivity contribution is -0.107. The Labute approximate surface area is 104 Å². The molecule has 0 heterocycles. The number of carbonyl (C=O) groups excluding carboxylic acids is 2. The van der Waals surface area contributed by atoms with Crippen molar-refractivity contribution in [2.75, 3.05) is 7.11 Å². The van der Waals surface area contributed by atoms with Gasteiger partial charge in [0.2, 0.25) is 0 Å². The Morgan fingerprint density at radius 2 is 1.89 bits per heavy atom. The minimum atomic E-state index is -0.777. The summed E-state index contributed by atoms with van der Waals surface area (Å²) in [6, 6.07) is 1.92. The fourth-order valence-electron chi connectivity index (χ4n) is 1.61. The van der Waals surface area contributed by atoms with E-state index >= 15 is 0 Å². The number of ether oxygens (including phenoxy) is 1. The van der Waals surface area contributed by atoms with E-state index in [9.17, 15) is 18.4 Å². The highest BCUT2D eigenvalue weighted by atomic mass is 19.1. The first-order chi connectivity index (χ1) is 8.60. The van der Waals surface area contributed by atoms with Crippen LogP contribution in [0.1, 0.15) is 35.2 Å². The van der Waals surface area contributed by atoms with E-state index in [0.717, 1.165) is 25.5 Å². The molecule has 1 aromatic carbocycles. The highest BCUT2D eigenvalue weighted by molar-refractivity contribution is 5.89. The number of unbranched alkanes of at least 4 members (excludes halogenated alkanes) is 2. The maximum atomic E-state index is 13.6. The highest BCUT2D eigenvalue weighted by Crippen LogP contribution is 2.18. The van der Waals surface area contributed by atoms with Crippen LogP contribution in [0.5, 0.6) is 0 Å². The van der Waals surface area contributed by atoms with Crippen LogP contribution in [0.15, 0.2) is 12.1 Å². The second-order valence-electron chi connectivity index (χ2n) is 3.82. The van der Waals surface area contributed by atoms with Crippen molar-refractivity contribution in [3.8, 4) is 0 Å². The van der Waals surface area contributed by atoms with Gasteiger partial charge in [-0.1, -0.05) is 0 Å². The van der Waals surface area contributed by atoms with E-state index < -0.39 is 17.6 Å². The van der Waals surface area contributed by atoms with Crippen LogP contribution in [-0.2, 0) is 16.0 Å². The van der Waals surface area contributed by atoms with Gasteiger partial charge in [-0.2, -0.15) is 0 Å². The van der Waals surface area contributed by atoms with Crippen molar-refractivity contribution in [1.82, 2.24) is 0 Å².